The average Bonchev–Trinajstić information content (AvgIpc) is 2.57. The van der Waals surface area contributed by atoms with E-state index in [9.17, 15) is 14.0 Å². The van der Waals surface area contributed by atoms with Crippen LogP contribution in [-0.2, 0) is 10.5 Å². The normalized spacial score (nSPS) is 10.7. The molecule has 0 bridgehead atoms. The number of hydrogen-bond donors (Lipinski definition) is 2. The molecule has 2 N–H and O–H groups in total. The number of anilines is 1. The molecule has 0 fully saturated rings. The van der Waals surface area contributed by atoms with E-state index in [0.717, 1.165) is 0 Å². The van der Waals surface area contributed by atoms with Gasteiger partial charge < -0.3 is 10.6 Å². The minimum atomic E-state index is -0.388. The molecule has 2 rings (SSSR count). The summed E-state index contributed by atoms with van der Waals surface area (Å²) in [5.41, 5.74) is 1.22. The maximum Gasteiger partial charge on any atom is 0.253 e. The zero-order chi connectivity index (χ0) is 19.1. The minimum Gasteiger partial charge on any atom is -0.350 e. The molecule has 0 atom stereocenters. The Morgan fingerprint density at radius 3 is 2.58 bits per heavy atom. The highest BCUT2D eigenvalue weighted by molar-refractivity contribution is 7.99. The third kappa shape index (κ3) is 5.75. The molecule has 2 aromatic carbocycles. The Kier molecular flexibility index (Phi) is 7.48. The van der Waals surface area contributed by atoms with Gasteiger partial charge in [0.25, 0.3) is 5.91 Å². The monoisotopic (exact) mass is 394 g/mol. The van der Waals surface area contributed by atoms with Gasteiger partial charge in [-0.15, -0.1) is 11.8 Å². The van der Waals surface area contributed by atoms with Gasteiger partial charge in [-0.1, -0.05) is 29.8 Å². The average molecular weight is 395 g/mol. The molecule has 0 radical (unpaired) electrons. The second kappa shape index (κ2) is 9.59. The van der Waals surface area contributed by atoms with E-state index in [-0.39, 0.29) is 35.2 Å². The van der Waals surface area contributed by atoms with E-state index >= 15 is 0 Å². The fraction of sp³-hybridized carbons (Fsp3) is 0.263. The summed E-state index contributed by atoms with van der Waals surface area (Å²) in [5, 5.41) is 5.87. The Balaban J connectivity index is 1.95. The molecule has 0 aliphatic heterocycles. The van der Waals surface area contributed by atoms with Crippen LogP contribution in [0, 0.1) is 5.82 Å². The molecule has 0 aliphatic rings. The summed E-state index contributed by atoms with van der Waals surface area (Å²) >= 11 is 7.22. The first-order valence-electron chi connectivity index (χ1n) is 8.09. The van der Waals surface area contributed by atoms with Crippen molar-refractivity contribution in [2.45, 2.75) is 25.6 Å². The van der Waals surface area contributed by atoms with Gasteiger partial charge in [-0.3, -0.25) is 9.59 Å². The van der Waals surface area contributed by atoms with Gasteiger partial charge in [-0.05, 0) is 38.1 Å². The van der Waals surface area contributed by atoms with Crippen LogP contribution < -0.4 is 10.6 Å². The zero-order valence-corrected chi connectivity index (χ0v) is 16.1. The predicted molar refractivity (Wildman–Crippen MR) is 105 cm³/mol. The van der Waals surface area contributed by atoms with Crippen LogP contribution in [0.5, 0.6) is 0 Å². The summed E-state index contributed by atoms with van der Waals surface area (Å²) in [6.07, 6.45) is 0. The van der Waals surface area contributed by atoms with E-state index in [1.807, 2.05) is 13.8 Å². The van der Waals surface area contributed by atoms with Crippen molar-refractivity contribution in [2.24, 2.45) is 0 Å². The van der Waals surface area contributed by atoms with Crippen molar-refractivity contribution in [2.75, 3.05) is 11.1 Å². The summed E-state index contributed by atoms with van der Waals surface area (Å²) < 4.78 is 13.7. The highest BCUT2D eigenvalue weighted by Crippen LogP contribution is 2.24. The molecule has 7 heteroatoms. The summed E-state index contributed by atoms with van der Waals surface area (Å²) in [6.45, 7) is 3.73. The first kappa shape index (κ1) is 20.3. The maximum atomic E-state index is 13.7. The summed E-state index contributed by atoms with van der Waals surface area (Å²) in [6, 6.07) is 11.3. The van der Waals surface area contributed by atoms with E-state index in [4.69, 9.17) is 11.6 Å². The zero-order valence-electron chi connectivity index (χ0n) is 14.5. The van der Waals surface area contributed by atoms with E-state index in [2.05, 4.69) is 10.6 Å². The number of nitrogens with one attached hydrogen (secondary N) is 2. The second-order valence-electron chi connectivity index (χ2n) is 5.91. The number of carbonyl (C=O) groups is 2. The molecule has 0 saturated carbocycles. The number of hydrogen-bond acceptors (Lipinski definition) is 3. The van der Waals surface area contributed by atoms with Crippen molar-refractivity contribution < 1.29 is 14.0 Å². The summed E-state index contributed by atoms with van der Waals surface area (Å²) in [7, 11) is 0. The molecule has 0 saturated heterocycles. The molecule has 2 amide bonds. The van der Waals surface area contributed by atoms with Gasteiger partial charge in [-0.2, -0.15) is 0 Å². The van der Waals surface area contributed by atoms with Crippen LogP contribution in [0.2, 0.25) is 5.02 Å². The Labute approximate surface area is 161 Å². The molecule has 4 nitrogen and oxygen atoms in total. The van der Waals surface area contributed by atoms with Crippen molar-refractivity contribution in [3.05, 3.63) is 64.4 Å². The topological polar surface area (TPSA) is 58.2 Å². The minimum absolute atomic E-state index is 0.00710. The standard InChI is InChI=1S/C19H20ClFN2O2S/c1-12(2)22-19(25)13-6-3-4-9-17(13)23-18(24)11-26-10-14-15(20)7-5-8-16(14)21/h3-9,12H,10-11H2,1-2H3,(H,22,25)(H,23,24). The van der Waals surface area contributed by atoms with E-state index in [0.29, 0.717) is 21.8 Å². The largest absolute Gasteiger partial charge is 0.350 e. The number of thioether (sulfide) groups is 1. The summed E-state index contributed by atoms with van der Waals surface area (Å²) in [4.78, 5) is 24.4. The number of halogens is 2. The van der Waals surface area contributed by atoms with Crippen molar-refractivity contribution in [3.63, 3.8) is 0 Å². The molecular formula is C19H20ClFN2O2S. The highest BCUT2D eigenvalue weighted by atomic mass is 35.5. The molecule has 0 heterocycles. The van der Waals surface area contributed by atoms with Crippen molar-refractivity contribution >= 4 is 40.9 Å². The van der Waals surface area contributed by atoms with Crippen LogP contribution >= 0.6 is 23.4 Å². The lowest BCUT2D eigenvalue weighted by atomic mass is 10.1. The van der Waals surface area contributed by atoms with Crippen molar-refractivity contribution in [3.8, 4) is 0 Å². The smallest absolute Gasteiger partial charge is 0.253 e. The lowest BCUT2D eigenvalue weighted by Gasteiger charge is -2.13. The van der Waals surface area contributed by atoms with Crippen LogP contribution in [-0.4, -0.2) is 23.6 Å². The number of carbonyl (C=O) groups excluding carboxylic acids is 2. The highest BCUT2D eigenvalue weighted by Gasteiger charge is 2.14. The van der Waals surface area contributed by atoms with Crippen LogP contribution in [0.3, 0.4) is 0 Å². The lowest BCUT2D eigenvalue weighted by Crippen LogP contribution is -2.31. The number of benzene rings is 2. The van der Waals surface area contributed by atoms with Crippen molar-refractivity contribution in [1.82, 2.24) is 5.32 Å². The van der Waals surface area contributed by atoms with Gasteiger partial charge in [0.2, 0.25) is 5.91 Å². The molecule has 26 heavy (non-hydrogen) atoms. The fourth-order valence-electron chi connectivity index (χ4n) is 2.23. The Morgan fingerprint density at radius 1 is 1.15 bits per heavy atom. The molecule has 0 spiro atoms. The van der Waals surface area contributed by atoms with Gasteiger partial charge in [-0.25, -0.2) is 4.39 Å². The Bertz CT molecular complexity index is 779. The van der Waals surface area contributed by atoms with E-state index < -0.39 is 0 Å². The Hall–Kier alpha value is -2.05. The predicted octanol–water partition coefficient (Wildman–Crippen LogP) is 4.49. The lowest BCUT2D eigenvalue weighted by molar-refractivity contribution is -0.113. The van der Waals surface area contributed by atoms with Crippen LogP contribution in [0.1, 0.15) is 29.8 Å². The molecule has 2 aromatic rings. The molecular weight excluding hydrogens is 375 g/mol. The maximum absolute atomic E-state index is 13.7. The third-order valence-electron chi connectivity index (χ3n) is 3.41. The van der Waals surface area contributed by atoms with Gasteiger partial charge in [0.1, 0.15) is 5.82 Å². The van der Waals surface area contributed by atoms with E-state index in [1.165, 1.54) is 23.9 Å². The number of rotatable bonds is 7. The van der Waals surface area contributed by atoms with Crippen LogP contribution in [0.15, 0.2) is 42.5 Å². The van der Waals surface area contributed by atoms with Crippen LogP contribution in [0.4, 0.5) is 10.1 Å². The quantitative estimate of drug-likeness (QED) is 0.727. The van der Waals surface area contributed by atoms with Crippen LogP contribution in [0.25, 0.3) is 0 Å². The van der Waals surface area contributed by atoms with Gasteiger partial charge >= 0.3 is 0 Å². The molecule has 138 valence electrons. The first-order valence-corrected chi connectivity index (χ1v) is 9.62. The second-order valence-corrected chi connectivity index (χ2v) is 7.31. The third-order valence-corrected chi connectivity index (χ3v) is 4.72. The first-order chi connectivity index (χ1) is 12.4. The number of para-hydroxylation sites is 1. The number of amides is 2. The molecule has 0 aromatic heterocycles. The molecule has 0 unspecified atom stereocenters. The summed E-state index contributed by atoms with van der Waals surface area (Å²) in [5.74, 6) is -0.505. The van der Waals surface area contributed by atoms with Gasteiger partial charge in [0, 0.05) is 22.4 Å². The Morgan fingerprint density at radius 2 is 1.88 bits per heavy atom. The van der Waals surface area contributed by atoms with Gasteiger partial charge in [0.15, 0.2) is 0 Å². The molecule has 0 aliphatic carbocycles. The van der Waals surface area contributed by atoms with Crippen molar-refractivity contribution in [1.29, 1.82) is 0 Å². The SMILES string of the molecule is CC(C)NC(=O)c1ccccc1NC(=O)CSCc1c(F)cccc1Cl. The fourth-order valence-corrected chi connectivity index (χ4v) is 3.40. The van der Waals surface area contributed by atoms with Gasteiger partial charge in [0.05, 0.1) is 17.0 Å². The van der Waals surface area contributed by atoms with E-state index in [1.54, 1.807) is 30.3 Å².